The molecule has 0 radical (unpaired) electrons. The van der Waals surface area contributed by atoms with Crippen molar-refractivity contribution in [2.24, 2.45) is 0 Å². The highest BCUT2D eigenvalue weighted by molar-refractivity contribution is 6.06. The third kappa shape index (κ3) is 4.70. The largest absolute Gasteiger partial charge is 0.354 e. The molecule has 1 fully saturated rings. The lowest BCUT2D eigenvalue weighted by molar-refractivity contribution is -0.120. The molecule has 1 saturated heterocycles. The number of halogens is 1. The molecule has 7 heteroatoms. The molecule has 1 aromatic heterocycles. The first-order valence-corrected chi connectivity index (χ1v) is 11.6. The second-order valence-corrected chi connectivity index (χ2v) is 8.95. The van der Waals surface area contributed by atoms with Gasteiger partial charge in [0.25, 0.3) is 5.91 Å². The van der Waals surface area contributed by atoms with Crippen LogP contribution in [0.1, 0.15) is 34.3 Å². The van der Waals surface area contributed by atoms with Gasteiger partial charge in [0, 0.05) is 49.8 Å². The van der Waals surface area contributed by atoms with Crippen molar-refractivity contribution in [1.82, 2.24) is 15.2 Å². The lowest BCUT2D eigenvalue weighted by Gasteiger charge is -2.29. The van der Waals surface area contributed by atoms with Crippen molar-refractivity contribution in [3.63, 3.8) is 0 Å². The Kier molecular flexibility index (Phi) is 6.36. The fourth-order valence-electron chi connectivity index (χ4n) is 5.07. The van der Waals surface area contributed by atoms with Gasteiger partial charge in [0.15, 0.2) is 0 Å². The summed E-state index contributed by atoms with van der Waals surface area (Å²) in [4.78, 5) is 34.3. The van der Waals surface area contributed by atoms with Gasteiger partial charge in [-0.05, 0) is 54.3 Å². The monoisotopic (exact) mass is 458 g/mol. The van der Waals surface area contributed by atoms with Gasteiger partial charge in [-0.25, -0.2) is 4.39 Å². The highest BCUT2D eigenvalue weighted by Gasteiger charge is 2.39. The molecular formula is C27H27FN4O2. The fourth-order valence-corrected chi connectivity index (χ4v) is 5.07. The van der Waals surface area contributed by atoms with Crippen molar-refractivity contribution in [2.75, 3.05) is 18.0 Å². The quantitative estimate of drug-likeness (QED) is 0.635. The molecule has 2 atom stereocenters. The molecule has 0 aliphatic carbocycles. The maximum atomic E-state index is 13.4. The van der Waals surface area contributed by atoms with Crippen molar-refractivity contribution in [3.05, 3.63) is 95.6 Å². The standard InChI is InChI=1S/C27H27FN4O2/c28-22-8-3-5-19(13-22)14-26(33)30-16-23-10-11-24-18-32(27(34)20-7-4-12-29-15-20)25-9-2-1-6-21(25)17-31(23)24/h1-9,12-13,15,23-24H,10-11,14,16-18H2,(H,30,33). The van der Waals surface area contributed by atoms with Crippen molar-refractivity contribution in [1.29, 1.82) is 0 Å². The topological polar surface area (TPSA) is 65.5 Å². The van der Waals surface area contributed by atoms with E-state index in [0.29, 0.717) is 24.2 Å². The normalized spacial score (nSPS) is 19.7. The van der Waals surface area contributed by atoms with E-state index in [1.807, 2.05) is 23.1 Å². The van der Waals surface area contributed by atoms with Crippen LogP contribution in [0.4, 0.5) is 10.1 Å². The van der Waals surface area contributed by atoms with E-state index in [1.165, 1.54) is 12.1 Å². The summed E-state index contributed by atoms with van der Waals surface area (Å²) >= 11 is 0. The molecule has 0 spiro atoms. The smallest absolute Gasteiger partial charge is 0.259 e. The Hall–Kier alpha value is -3.58. The minimum absolute atomic E-state index is 0.0470. The van der Waals surface area contributed by atoms with Crippen LogP contribution in [-0.2, 0) is 17.8 Å². The number of carbonyl (C=O) groups excluding carboxylic acids is 2. The number of anilines is 1. The maximum Gasteiger partial charge on any atom is 0.259 e. The van der Waals surface area contributed by atoms with Gasteiger partial charge < -0.3 is 10.2 Å². The van der Waals surface area contributed by atoms with Crippen molar-refractivity contribution >= 4 is 17.5 Å². The van der Waals surface area contributed by atoms with Gasteiger partial charge in [-0.2, -0.15) is 0 Å². The summed E-state index contributed by atoms with van der Waals surface area (Å²) < 4.78 is 13.4. The first-order chi connectivity index (χ1) is 16.6. The number of nitrogens with one attached hydrogen (secondary N) is 1. The summed E-state index contributed by atoms with van der Waals surface area (Å²) in [5.74, 6) is -0.496. The van der Waals surface area contributed by atoms with Gasteiger partial charge in [0.1, 0.15) is 5.82 Å². The van der Waals surface area contributed by atoms with Gasteiger partial charge >= 0.3 is 0 Å². The number of rotatable bonds is 5. The van der Waals surface area contributed by atoms with Crippen molar-refractivity contribution < 1.29 is 14.0 Å². The van der Waals surface area contributed by atoms with Crippen molar-refractivity contribution in [2.45, 2.75) is 37.9 Å². The first-order valence-electron chi connectivity index (χ1n) is 11.6. The molecule has 2 amide bonds. The van der Waals surface area contributed by atoms with Crippen LogP contribution in [0.3, 0.4) is 0 Å². The maximum absolute atomic E-state index is 13.4. The number of amides is 2. The van der Waals surface area contributed by atoms with Gasteiger partial charge in [0.2, 0.25) is 5.91 Å². The number of hydrogen-bond acceptors (Lipinski definition) is 4. The summed E-state index contributed by atoms with van der Waals surface area (Å²) in [5, 5.41) is 3.04. The summed E-state index contributed by atoms with van der Waals surface area (Å²) in [5.41, 5.74) is 3.26. The van der Waals surface area contributed by atoms with Crippen LogP contribution in [-0.4, -0.2) is 46.9 Å². The molecule has 0 saturated carbocycles. The molecule has 174 valence electrons. The predicted octanol–water partition coefficient (Wildman–Crippen LogP) is 3.57. The van der Waals surface area contributed by atoms with Gasteiger partial charge in [0.05, 0.1) is 12.0 Å². The van der Waals surface area contributed by atoms with Crippen molar-refractivity contribution in [3.8, 4) is 0 Å². The zero-order valence-electron chi connectivity index (χ0n) is 18.9. The Balaban J connectivity index is 1.30. The molecule has 2 aliphatic heterocycles. The van der Waals surface area contributed by atoms with E-state index in [2.05, 4.69) is 21.3 Å². The first kappa shape index (κ1) is 22.2. The van der Waals surface area contributed by atoms with Crippen LogP contribution in [0.25, 0.3) is 0 Å². The van der Waals surface area contributed by atoms with E-state index < -0.39 is 0 Å². The van der Waals surface area contributed by atoms with E-state index in [9.17, 15) is 14.0 Å². The molecule has 5 rings (SSSR count). The van der Waals surface area contributed by atoms with E-state index in [0.717, 1.165) is 30.6 Å². The van der Waals surface area contributed by atoms with Crippen LogP contribution < -0.4 is 10.2 Å². The van der Waals surface area contributed by atoms with E-state index in [-0.39, 0.29) is 36.1 Å². The number of fused-ring (bicyclic) bond motifs is 2. The van der Waals surface area contributed by atoms with E-state index in [1.54, 1.807) is 36.7 Å². The Bertz CT molecular complexity index is 1190. The second-order valence-electron chi connectivity index (χ2n) is 8.95. The zero-order valence-corrected chi connectivity index (χ0v) is 18.9. The zero-order chi connectivity index (χ0) is 23.5. The van der Waals surface area contributed by atoms with Gasteiger partial charge in [-0.1, -0.05) is 30.3 Å². The predicted molar refractivity (Wildman–Crippen MR) is 128 cm³/mol. The highest BCUT2D eigenvalue weighted by atomic mass is 19.1. The number of carbonyl (C=O) groups is 2. The summed E-state index contributed by atoms with van der Waals surface area (Å²) in [7, 11) is 0. The Morgan fingerprint density at radius 3 is 2.76 bits per heavy atom. The summed E-state index contributed by atoms with van der Waals surface area (Å²) in [6.45, 7) is 1.85. The molecule has 0 bridgehead atoms. The van der Waals surface area contributed by atoms with Gasteiger partial charge in [-0.15, -0.1) is 0 Å². The Morgan fingerprint density at radius 1 is 1.06 bits per heavy atom. The highest BCUT2D eigenvalue weighted by Crippen LogP contribution is 2.35. The average Bonchev–Trinajstić information content (AvgIpc) is 3.14. The van der Waals surface area contributed by atoms with Crippen LogP contribution in [0.5, 0.6) is 0 Å². The molecular weight excluding hydrogens is 431 g/mol. The minimum Gasteiger partial charge on any atom is -0.354 e. The Morgan fingerprint density at radius 2 is 1.94 bits per heavy atom. The van der Waals surface area contributed by atoms with E-state index >= 15 is 0 Å². The molecule has 6 nitrogen and oxygen atoms in total. The number of para-hydroxylation sites is 1. The SMILES string of the molecule is O=C(Cc1cccc(F)c1)NCC1CCC2CN(C(=O)c3cccnc3)c3ccccc3CN12. The molecule has 34 heavy (non-hydrogen) atoms. The fraction of sp³-hybridized carbons (Fsp3) is 0.296. The van der Waals surface area contributed by atoms with Crippen LogP contribution in [0.15, 0.2) is 73.1 Å². The third-order valence-electron chi connectivity index (χ3n) is 6.74. The number of pyridine rings is 1. The molecule has 3 heterocycles. The lowest BCUT2D eigenvalue weighted by Crippen LogP contribution is -2.46. The molecule has 2 aliphatic rings. The summed E-state index contributed by atoms with van der Waals surface area (Å²) in [6, 6.07) is 18.1. The molecule has 2 aromatic carbocycles. The van der Waals surface area contributed by atoms with E-state index in [4.69, 9.17) is 0 Å². The molecule has 1 N–H and O–H groups in total. The van der Waals surface area contributed by atoms with Crippen LogP contribution in [0, 0.1) is 5.82 Å². The second kappa shape index (κ2) is 9.73. The number of benzene rings is 2. The van der Waals surface area contributed by atoms with Crippen LogP contribution >= 0.6 is 0 Å². The molecule has 2 unspecified atom stereocenters. The van der Waals surface area contributed by atoms with Crippen LogP contribution in [0.2, 0.25) is 0 Å². The number of nitrogens with zero attached hydrogens (tertiary/aromatic N) is 3. The lowest BCUT2D eigenvalue weighted by atomic mass is 10.1. The average molecular weight is 459 g/mol. The number of hydrogen-bond donors (Lipinski definition) is 1. The number of aromatic nitrogens is 1. The third-order valence-corrected chi connectivity index (χ3v) is 6.74. The van der Waals surface area contributed by atoms with Gasteiger partial charge in [-0.3, -0.25) is 19.5 Å². The molecule has 3 aromatic rings. The Labute approximate surface area is 198 Å². The summed E-state index contributed by atoms with van der Waals surface area (Å²) in [6.07, 6.45) is 5.33. The minimum atomic E-state index is -0.336.